The van der Waals surface area contributed by atoms with Gasteiger partial charge in [-0.25, -0.2) is 5.01 Å². The van der Waals surface area contributed by atoms with Crippen molar-refractivity contribution >= 4 is 43.7 Å². The summed E-state index contributed by atoms with van der Waals surface area (Å²) in [5.41, 5.74) is 11.4. The fraction of sp³-hybridized carbons (Fsp3) is 0.0870. The molecule has 5 heteroatoms. The van der Waals surface area contributed by atoms with Crippen molar-refractivity contribution < 1.29 is 4.42 Å². The highest BCUT2D eigenvalue weighted by Gasteiger charge is 2.48. The predicted molar refractivity (Wildman–Crippen MR) is 208 cm³/mol. The molecule has 0 aliphatic carbocycles. The van der Waals surface area contributed by atoms with Crippen molar-refractivity contribution in [2.75, 3.05) is 7.05 Å². The van der Waals surface area contributed by atoms with Crippen molar-refractivity contribution in [3.63, 3.8) is 0 Å². The van der Waals surface area contributed by atoms with Gasteiger partial charge >= 0.3 is 0 Å². The van der Waals surface area contributed by atoms with Gasteiger partial charge in [-0.1, -0.05) is 133 Å². The monoisotopic (exact) mass is 660 g/mol. The molecule has 0 radical (unpaired) electrons. The second-order valence-electron chi connectivity index (χ2n) is 13.5. The second kappa shape index (κ2) is 12.1. The molecule has 1 saturated heterocycles. The number of aromatic nitrogens is 1. The first kappa shape index (κ1) is 29.9. The Morgan fingerprint density at radius 1 is 0.608 bits per heavy atom. The van der Waals surface area contributed by atoms with Gasteiger partial charge < -0.3 is 8.98 Å². The topological polar surface area (TPSA) is 36.1 Å². The van der Waals surface area contributed by atoms with Crippen LogP contribution in [0, 0.1) is 0 Å². The van der Waals surface area contributed by atoms with Gasteiger partial charge in [-0.05, 0) is 58.7 Å². The minimum atomic E-state index is 0.0351. The number of fused-ring (bicyclic) bond motifs is 6. The van der Waals surface area contributed by atoms with E-state index in [1.165, 1.54) is 38.5 Å². The largest absolute Gasteiger partial charge is 0.455 e. The first-order valence-corrected chi connectivity index (χ1v) is 17.6. The highest BCUT2D eigenvalue weighted by molar-refractivity contribution is 6.13. The SMILES string of the molecule is CN1C(c2ccccc2)N1C(NCc1cccc(-n2c3ccccc3c3cc(-c4cccc5c4oc4ccccc45)ccc32)c1)c1ccccc1. The number of rotatable bonds is 8. The van der Waals surface area contributed by atoms with E-state index < -0.39 is 0 Å². The molecule has 7 aromatic carbocycles. The van der Waals surface area contributed by atoms with Gasteiger partial charge in [-0.15, -0.1) is 0 Å². The Morgan fingerprint density at radius 3 is 2.18 bits per heavy atom. The first-order chi connectivity index (χ1) is 25.2. The average Bonchev–Trinajstić information content (AvgIpc) is 3.53. The molecule has 1 N–H and O–H groups in total. The van der Waals surface area contributed by atoms with Crippen molar-refractivity contribution in [2.45, 2.75) is 18.9 Å². The minimum Gasteiger partial charge on any atom is -0.455 e. The van der Waals surface area contributed by atoms with E-state index in [9.17, 15) is 0 Å². The third kappa shape index (κ3) is 5.05. The van der Waals surface area contributed by atoms with Crippen LogP contribution in [0.5, 0.6) is 0 Å². The Morgan fingerprint density at radius 2 is 1.31 bits per heavy atom. The van der Waals surface area contributed by atoms with Crippen LogP contribution in [-0.2, 0) is 6.54 Å². The molecule has 3 heterocycles. The van der Waals surface area contributed by atoms with Crippen LogP contribution in [0.3, 0.4) is 0 Å². The fourth-order valence-electron chi connectivity index (χ4n) is 8.00. The number of benzene rings is 7. The molecule has 1 aliphatic heterocycles. The molecule has 51 heavy (non-hydrogen) atoms. The van der Waals surface area contributed by atoms with E-state index in [2.05, 4.69) is 185 Å². The molecular weight excluding hydrogens is 625 g/mol. The Hall–Kier alpha value is -5.98. The Kier molecular flexibility index (Phi) is 7.10. The van der Waals surface area contributed by atoms with Crippen LogP contribution >= 0.6 is 0 Å². The lowest BCUT2D eigenvalue weighted by atomic mass is 10.0. The highest BCUT2D eigenvalue weighted by Crippen LogP contribution is 2.46. The summed E-state index contributed by atoms with van der Waals surface area (Å²) < 4.78 is 8.83. The van der Waals surface area contributed by atoms with Crippen molar-refractivity contribution in [2.24, 2.45) is 0 Å². The maximum Gasteiger partial charge on any atom is 0.143 e. The maximum atomic E-state index is 6.43. The molecule has 4 atom stereocenters. The number of nitrogens with one attached hydrogen (secondary N) is 1. The number of hydrogen-bond acceptors (Lipinski definition) is 4. The van der Waals surface area contributed by atoms with Crippen molar-refractivity contribution in [3.8, 4) is 16.8 Å². The van der Waals surface area contributed by atoms with E-state index in [0.717, 1.165) is 45.3 Å². The van der Waals surface area contributed by atoms with E-state index in [0.29, 0.717) is 0 Å². The molecule has 0 saturated carbocycles. The molecule has 0 amide bonds. The van der Waals surface area contributed by atoms with Crippen molar-refractivity contribution in [3.05, 3.63) is 187 Å². The highest BCUT2D eigenvalue weighted by atomic mass is 16.3. The van der Waals surface area contributed by atoms with Gasteiger partial charge in [-0.3, -0.25) is 5.32 Å². The number of nitrogens with zero attached hydrogens (tertiary/aromatic N) is 3. The molecule has 5 nitrogen and oxygen atoms in total. The third-order valence-corrected chi connectivity index (χ3v) is 10.4. The Bertz CT molecular complexity index is 2690. The zero-order valence-corrected chi connectivity index (χ0v) is 28.3. The van der Waals surface area contributed by atoms with Gasteiger partial charge in [-0.2, -0.15) is 5.01 Å². The summed E-state index contributed by atoms with van der Waals surface area (Å²) >= 11 is 0. The van der Waals surface area contributed by atoms with E-state index in [-0.39, 0.29) is 12.3 Å². The number of para-hydroxylation sites is 3. The van der Waals surface area contributed by atoms with E-state index in [1.807, 2.05) is 12.1 Å². The quantitative estimate of drug-likeness (QED) is 0.165. The zero-order valence-electron chi connectivity index (χ0n) is 28.3. The summed E-state index contributed by atoms with van der Waals surface area (Å²) in [4.78, 5) is 0. The summed E-state index contributed by atoms with van der Waals surface area (Å²) in [5, 5.41) is 13.4. The van der Waals surface area contributed by atoms with Crippen LogP contribution in [0.15, 0.2) is 174 Å². The van der Waals surface area contributed by atoms with Crippen molar-refractivity contribution in [1.29, 1.82) is 0 Å². The summed E-state index contributed by atoms with van der Waals surface area (Å²) in [6.07, 6.45) is 0.268. The van der Waals surface area contributed by atoms with E-state index >= 15 is 0 Å². The van der Waals surface area contributed by atoms with Gasteiger partial charge in [0.2, 0.25) is 0 Å². The summed E-state index contributed by atoms with van der Waals surface area (Å²) in [6, 6.07) is 60.7. The molecule has 4 unspecified atom stereocenters. The van der Waals surface area contributed by atoms with Crippen LogP contribution in [0.25, 0.3) is 60.6 Å². The molecular formula is C46H36N4O. The van der Waals surface area contributed by atoms with Gasteiger partial charge in [0, 0.05) is 46.4 Å². The standard InChI is InChI=1S/C46H36N4O/c1-48-46(33-17-6-3-7-18-33)50(48)45(32-15-4-2-5-16-32)47-30-31-14-12-19-35(28-31)49-41-24-10-8-20-37(41)40-29-34(26-27-42(40)49)36-22-13-23-39-38-21-9-11-25-43(38)51-44(36)39/h2-29,45-47H,30H2,1H3. The molecule has 10 rings (SSSR count). The van der Waals surface area contributed by atoms with Gasteiger partial charge in [0.25, 0.3) is 0 Å². The lowest BCUT2D eigenvalue weighted by Gasteiger charge is -2.21. The normalized spacial score (nSPS) is 17.8. The average molecular weight is 661 g/mol. The first-order valence-electron chi connectivity index (χ1n) is 17.6. The molecule has 0 bridgehead atoms. The Labute approximate surface area is 296 Å². The summed E-state index contributed by atoms with van der Waals surface area (Å²) in [5.74, 6) is 0. The number of furan rings is 1. The van der Waals surface area contributed by atoms with Gasteiger partial charge in [0.1, 0.15) is 23.5 Å². The molecule has 1 aliphatic rings. The summed E-state index contributed by atoms with van der Waals surface area (Å²) in [6.45, 7) is 0.724. The fourth-order valence-corrected chi connectivity index (χ4v) is 8.00. The van der Waals surface area contributed by atoms with Crippen LogP contribution in [-0.4, -0.2) is 21.6 Å². The zero-order chi connectivity index (χ0) is 33.9. The Balaban J connectivity index is 1.01. The lowest BCUT2D eigenvalue weighted by molar-refractivity contribution is 0.225. The number of hydrazine groups is 1. The molecule has 2 aromatic heterocycles. The maximum absolute atomic E-state index is 6.43. The minimum absolute atomic E-state index is 0.0351. The predicted octanol–water partition coefficient (Wildman–Crippen LogP) is 11.0. The third-order valence-electron chi connectivity index (χ3n) is 10.4. The van der Waals surface area contributed by atoms with Gasteiger partial charge in [0.05, 0.1) is 11.0 Å². The molecule has 9 aromatic rings. The summed E-state index contributed by atoms with van der Waals surface area (Å²) in [7, 11) is 2.17. The smallest absolute Gasteiger partial charge is 0.143 e. The number of hydrogen-bond donors (Lipinski definition) is 1. The molecule has 246 valence electrons. The van der Waals surface area contributed by atoms with E-state index in [1.54, 1.807) is 0 Å². The van der Waals surface area contributed by atoms with Crippen LogP contribution in [0.1, 0.15) is 29.0 Å². The van der Waals surface area contributed by atoms with Crippen LogP contribution in [0.4, 0.5) is 0 Å². The van der Waals surface area contributed by atoms with Crippen molar-refractivity contribution in [1.82, 2.24) is 19.9 Å². The molecule has 0 spiro atoms. The van der Waals surface area contributed by atoms with E-state index in [4.69, 9.17) is 4.42 Å². The molecule has 1 fully saturated rings. The lowest BCUT2D eigenvalue weighted by Crippen LogP contribution is -2.29. The van der Waals surface area contributed by atoms with Crippen LogP contribution < -0.4 is 5.32 Å². The van der Waals surface area contributed by atoms with Gasteiger partial charge in [0.15, 0.2) is 0 Å². The second-order valence-corrected chi connectivity index (χ2v) is 13.5. The van der Waals surface area contributed by atoms with Crippen LogP contribution in [0.2, 0.25) is 0 Å².